The molecule has 64 valence electrons. The molecule has 0 fully saturated rings. The van der Waals surface area contributed by atoms with Gasteiger partial charge in [0, 0.05) is 5.56 Å². The lowest BCUT2D eigenvalue weighted by atomic mass is 10.2. The average Bonchev–Trinajstić information content (AvgIpc) is 2.07. The third kappa shape index (κ3) is 4.48. The molecule has 4 N–H and O–H groups in total. The number of benzene rings is 1. The Labute approximate surface area is 70.9 Å². The minimum absolute atomic E-state index is 0.379. The van der Waals surface area contributed by atoms with Gasteiger partial charge < -0.3 is 15.8 Å². The molecule has 0 aliphatic carbocycles. The molecule has 0 spiro atoms. The van der Waals surface area contributed by atoms with E-state index >= 15 is 0 Å². The van der Waals surface area contributed by atoms with Crippen LogP contribution in [-0.2, 0) is 0 Å². The zero-order chi connectivity index (χ0) is 9.40. The highest BCUT2D eigenvalue weighted by molar-refractivity contribution is 6.13. The van der Waals surface area contributed by atoms with E-state index in [-0.39, 0.29) is 5.91 Å². The highest BCUT2D eigenvalue weighted by Crippen LogP contribution is 1.94. The summed E-state index contributed by atoms with van der Waals surface area (Å²) in [6.07, 6.45) is 0. The third-order valence-electron chi connectivity index (χ3n) is 1.06. The molecule has 0 aliphatic rings. The Morgan fingerprint density at radius 2 is 1.67 bits per heavy atom. The summed E-state index contributed by atoms with van der Waals surface area (Å²) < 4.78 is 0. The molecule has 0 unspecified atom stereocenters. The SMILES string of the molecule is NC(=O)c1ccccc1.OBO. The van der Waals surface area contributed by atoms with E-state index in [2.05, 4.69) is 0 Å². The Morgan fingerprint density at radius 3 is 1.92 bits per heavy atom. The molecular weight excluding hydrogens is 157 g/mol. The van der Waals surface area contributed by atoms with Crippen molar-refractivity contribution in [3.05, 3.63) is 35.9 Å². The standard InChI is InChI=1S/C7H7NO.BH3O2/c8-7(9)6-4-2-1-3-5-6;2-1-3/h1-5H,(H2,8,9);1-3H. The van der Waals surface area contributed by atoms with Crippen LogP contribution in [0.1, 0.15) is 10.4 Å². The van der Waals surface area contributed by atoms with Gasteiger partial charge in [-0.1, -0.05) is 18.2 Å². The Bertz CT molecular complexity index is 227. The topological polar surface area (TPSA) is 83.6 Å². The van der Waals surface area contributed by atoms with Crippen molar-refractivity contribution in [2.45, 2.75) is 0 Å². The Balaban J connectivity index is 0.000000354. The summed E-state index contributed by atoms with van der Waals surface area (Å²) >= 11 is 0. The van der Waals surface area contributed by atoms with Crippen LogP contribution in [0.2, 0.25) is 0 Å². The van der Waals surface area contributed by atoms with Crippen LogP contribution in [0.4, 0.5) is 0 Å². The minimum atomic E-state index is -0.750. The van der Waals surface area contributed by atoms with Crippen LogP contribution in [-0.4, -0.2) is 23.6 Å². The van der Waals surface area contributed by atoms with Crippen molar-refractivity contribution in [2.24, 2.45) is 5.73 Å². The van der Waals surface area contributed by atoms with Crippen molar-refractivity contribution in [1.82, 2.24) is 0 Å². The molecule has 0 saturated heterocycles. The van der Waals surface area contributed by atoms with Crippen LogP contribution in [0.3, 0.4) is 0 Å². The van der Waals surface area contributed by atoms with Crippen molar-refractivity contribution in [1.29, 1.82) is 0 Å². The maximum absolute atomic E-state index is 10.4. The highest BCUT2D eigenvalue weighted by atomic mass is 16.4. The number of primary amides is 1. The molecule has 5 heteroatoms. The van der Waals surface area contributed by atoms with Crippen molar-refractivity contribution in [3.8, 4) is 0 Å². The van der Waals surface area contributed by atoms with Crippen LogP contribution < -0.4 is 5.73 Å². The van der Waals surface area contributed by atoms with Crippen LogP contribution in [0, 0.1) is 0 Å². The van der Waals surface area contributed by atoms with Crippen LogP contribution in [0.5, 0.6) is 0 Å². The van der Waals surface area contributed by atoms with Crippen molar-refractivity contribution < 1.29 is 14.8 Å². The monoisotopic (exact) mass is 167 g/mol. The molecule has 0 radical (unpaired) electrons. The van der Waals surface area contributed by atoms with Gasteiger partial charge in [0.15, 0.2) is 0 Å². The van der Waals surface area contributed by atoms with Gasteiger partial charge in [-0.05, 0) is 12.1 Å². The molecule has 4 nitrogen and oxygen atoms in total. The normalized spacial score (nSPS) is 7.83. The lowest BCUT2D eigenvalue weighted by Crippen LogP contribution is -2.09. The maximum Gasteiger partial charge on any atom is 0.432 e. The number of hydrogen-bond acceptors (Lipinski definition) is 3. The molecule has 12 heavy (non-hydrogen) atoms. The summed E-state index contributed by atoms with van der Waals surface area (Å²) in [5.41, 5.74) is 5.53. The zero-order valence-corrected chi connectivity index (χ0v) is 6.47. The number of rotatable bonds is 1. The van der Waals surface area contributed by atoms with Gasteiger partial charge in [-0.3, -0.25) is 4.79 Å². The van der Waals surface area contributed by atoms with E-state index < -0.39 is 7.69 Å². The number of nitrogens with two attached hydrogens (primary N) is 1. The van der Waals surface area contributed by atoms with Gasteiger partial charge in [-0.15, -0.1) is 0 Å². The molecule has 1 amide bonds. The van der Waals surface area contributed by atoms with E-state index in [1.165, 1.54) is 0 Å². The van der Waals surface area contributed by atoms with E-state index in [1.54, 1.807) is 24.3 Å². The number of hydrogen-bond donors (Lipinski definition) is 3. The quantitative estimate of drug-likeness (QED) is 0.470. The van der Waals surface area contributed by atoms with Gasteiger partial charge in [0.25, 0.3) is 0 Å². The first-order valence-corrected chi connectivity index (χ1v) is 3.29. The molecule has 0 aliphatic heterocycles. The van der Waals surface area contributed by atoms with E-state index in [0.29, 0.717) is 5.56 Å². The summed E-state index contributed by atoms with van der Waals surface area (Å²) in [5.74, 6) is -0.379. The number of carbonyl (C=O) groups is 1. The van der Waals surface area contributed by atoms with Gasteiger partial charge in [0.05, 0.1) is 0 Å². The first-order valence-electron chi connectivity index (χ1n) is 3.29. The Kier molecular flexibility index (Phi) is 5.68. The maximum atomic E-state index is 10.4. The molecule has 1 aromatic rings. The van der Waals surface area contributed by atoms with Gasteiger partial charge in [-0.2, -0.15) is 0 Å². The van der Waals surface area contributed by atoms with Crippen molar-refractivity contribution in [2.75, 3.05) is 0 Å². The fourth-order valence-corrected chi connectivity index (χ4v) is 0.602. The first-order chi connectivity index (χ1) is 5.72. The second-order valence-corrected chi connectivity index (χ2v) is 1.87. The smallest absolute Gasteiger partial charge is 0.430 e. The summed E-state index contributed by atoms with van der Waals surface area (Å²) in [7, 11) is -0.750. The van der Waals surface area contributed by atoms with E-state index in [4.69, 9.17) is 15.8 Å². The molecule has 1 aromatic carbocycles. The molecule has 0 aromatic heterocycles. The summed E-state index contributed by atoms with van der Waals surface area (Å²) in [5, 5.41) is 14.2. The molecule has 1 rings (SSSR count). The fraction of sp³-hybridized carbons (Fsp3) is 0. The Hall–Kier alpha value is -1.33. The molecule has 0 bridgehead atoms. The lowest BCUT2D eigenvalue weighted by Gasteiger charge is -1.89. The van der Waals surface area contributed by atoms with Gasteiger partial charge in [-0.25, -0.2) is 0 Å². The van der Waals surface area contributed by atoms with Crippen molar-refractivity contribution >= 4 is 13.6 Å². The predicted octanol–water partition coefficient (Wildman–Crippen LogP) is -0.977. The van der Waals surface area contributed by atoms with Crippen LogP contribution in [0.25, 0.3) is 0 Å². The zero-order valence-electron chi connectivity index (χ0n) is 6.47. The molecule has 0 atom stereocenters. The highest BCUT2D eigenvalue weighted by Gasteiger charge is 1.93. The second kappa shape index (κ2) is 6.39. The van der Waals surface area contributed by atoms with E-state index in [0.717, 1.165) is 0 Å². The first kappa shape index (κ1) is 10.7. The number of amides is 1. The van der Waals surface area contributed by atoms with Crippen molar-refractivity contribution in [3.63, 3.8) is 0 Å². The third-order valence-corrected chi connectivity index (χ3v) is 1.06. The summed E-state index contributed by atoms with van der Waals surface area (Å²) in [4.78, 5) is 10.4. The van der Waals surface area contributed by atoms with Gasteiger partial charge >= 0.3 is 7.69 Å². The molecule has 0 heterocycles. The second-order valence-electron chi connectivity index (χ2n) is 1.87. The van der Waals surface area contributed by atoms with Gasteiger partial charge in [0.1, 0.15) is 0 Å². The summed E-state index contributed by atoms with van der Waals surface area (Å²) in [6.45, 7) is 0. The predicted molar refractivity (Wildman–Crippen MR) is 46.5 cm³/mol. The molecule has 0 saturated carbocycles. The average molecular weight is 167 g/mol. The van der Waals surface area contributed by atoms with Crippen LogP contribution >= 0.6 is 0 Å². The summed E-state index contributed by atoms with van der Waals surface area (Å²) in [6, 6.07) is 8.76. The van der Waals surface area contributed by atoms with Gasteiger partial charge in [0.2, 0.25) is 5.91 Å². The minimum Gasteiger partial charge on any atom is -0.430 e. The van der Waals surface area contributed by atoms with E-state index in [1.807, 2.05) is 6.07 Å². The van der Waals surface area contributed by atoms with E-state index in [9.17, 15) is 4.79 Å². The Morgan fingerprint density at radius 1 is 1.25 bits per heavy atom. The number of carbonyl (C=O) groups excluding carboxylic acids is 1. The molecular formula is C7H10BNO3. The largest absolute Gasteiger partial charge is 0.432 e. The fourth-order valence-electron chi connectivity index (χ4n) is 0.602. The van der Waals surface area contributed by atoms with Crippen LogP contribution in [0.15, 0.2) is 30.3 Å². The lowest BCUT2D eigenvalue weighted by molar-refractivity contribution is 0.100.